The second kappa shape index (κ2) is 6.04. The molecule has 0 spiro atoms. The third-order valence-corrected chi connectivity index (χ3v) is 4.01. The second-order valence-electron chi connectivity index (χ2n) is 4.92. The molecule has 1 atom stereocenters. The maximum Gasteiger partial charge on any atom is 0.123 e. The second-order valence-corrected chi connectivity index (χ2v) is 5.76. The number of para-hydroxylation sites is 1. The minimum absolute atomic E-state index is 0.186. The van der Waals surface area contributed by atoms with Gasteiger partial charge in [-0.05, 0) is 35.4 Å². The summed E-state index contributed by atoms with van der Waals surface area (Å²) in [5, 5.41) is 4.82. The standard InChI is InChI=1S/C16H15Cl2NO/c17-13-5-6-15(18)12(7-13)9-19-10-14-8-11-3-1-2-4-16(11)20-14/h1-7,14,19H,8-10H2. The molecule has 20 heavy (non-hydrogen) atoms. The third kappa shape index (κ3) is 3.09. The van der Waals surface area contributed by atoms with Crippen LogP contribution in [0.2, 0.25) is 10.0 Å². The van der Waals surface area contributed by atoms with E-state index >= 15 is 0 Å². The van der Waals surface area contributed by atoms with Crippen molar-refractivity contribution in [3.63, 3.8) is 0 Å². The van der Waals surface area contributed by atoms with Crippen molar-refractivity contribution in [2.45, 2.75) is 19.1 Å². The van der Waals surface area contributed by atoms with Crippen LogP contribution in [0.25, 0.3) is 0 Å². The Morgan fingerprint density at radius 3 is 2.85 bits per heavy atom. The Balaban J connectivity index is 1.53. The summed E-state index contributed by atoms with van der Waals surface area (Å²) in [5.41, 5.74) is 2.29. The molecule has 1 aliphatic rings. The van der Waals surface area contributed by atoms with E-state index in [0.717, 1.165) is 29.3 Å². The van der Waals surface area contributed by atoms with Gasteiger partial charge in [-0.15, -0.1) is 0 Å². The summed E-state index contributed by atoms with van der Waals surface area (Å²) in [4.78, 5) is 0. The SMILES string of the molecule is Clc1ccc(Cl)c(CNCC2Cc3ccccc3O2)c1. The number of ether oxygens (including phenoxy) is 1. The fourth-order valence-corrected chi connectivity index (χ4v) is 2.79. The normalized spacial score (nSPS) is 16.8. The molecule has 1 N–H and O–H groups in total. The van der Waals surface area contributed by atoms with E-state index in [-0.39, 0.29) is 6.10 Å². The molecule has 0 radical (unpaired) electrons. The number of benzene rings is 2. The van der Waals surface area contributed by atoms with Gasteiger partial charge in [-0.1, -0.05) is 41.4 Å². The van der Waals surface area contributed by atoms with Crippen molar-refractivity contribution in [2.24, 2.45) is 0 Å². The van der Waals surface area contributed by atoms with Crippen molar-refractivity contribution >= 4 is 23.2 Å². The van der Waals surface area contributed by atoms with Crippen LogP contribution in [0.15, 0.2) is 42.5 Å². The van der Waals surface area contributed by atoms with Crippen molar-refractivity contribution < 1.29 is 4.74 Å². The van der Waals surface area contributed by atoms with E-state index in [2.05, 4.69) is 11.4 Å². The lowest BCUT2D eigenvalue weighted by Gasteiger charge is -2.12. The van der Waals surface area contributed by atoms with Crippen LogP contribution in [0, 0.1) is 0 Å². The summed E-state index contributed by atoms with van der Waals surface area (Å²) in [6.07, 6.45) is 1.14. The predicted molar refractivity (Wildman–Crippen MR) is 82.7 cm³/mol. The molecule has 104 valence electrons. The Bertz CT molecular complexity index is 590. The van der Waals surface area contributed by atoms with Gasteiger partial charge in [0.05, 0.1) is 0 Å². The number of nitrogens with one attached hydrogen (secondary N) is 1. The highest BCUT2D eigenvalue weighted by molar-refractivity contribution is 6.33. The highest BCUT2D eigenvalue weighted by Gasteiger charge is 2.21. The number of fused-ring (bicyclic) bond motifs is 1. The molecular formula is C16H15Cl2NO. The van der Waals surface area contributed by atoms with E-state index in [1.165, 1.54) is 5.56 Å². The third-order valence-electron chi connectivity index (χ3n) is 3.41. The molecule has 1 aliphatic heterocycles. The number of rotatable bonds is 4. The quantitative estimate of drug-likeness (QED) is 0.918. The van der Waals surface area contributed by atoms with Crippen molar-refractivity contribution in [3.8, 4) is 5.75 Å². The highest BCUT2D eigenvalue weighted by Crippen LogP contribution is 2.28. The molecule has 0 saturated heterocycles. The van der Waals surface area contributed by atoms with Gasteiger partial charge in [0.15, 0.2) is 0 Å². The van der Waals surface area contributed by atoms with Crippen LogP contribution in [0.1, 0.15) is 11.1 Å². The zero-order chi connectivity index (χ0) is 13.9. The molecule has 3 rings (SSSR count). The molecule has 2 aromatic carbocycles. The topological polar surface area (TPSA) is 21.3 Å². The fraction of sp³-hybridized carbons (Fsp3) is 0.250. The van der Waals surface area contributed by atoms with Crippen molar-refractivity contribution in [1.82, 2.24) is 5.32 Å². The molecule has 0 bridgehead atoms. The first-order valence-corrected chi connectivity index (χ1v) is 7.37. The van der Waals surface area contributed by atoms with Crippen molar-refractivity contribution in [2.75, 3.05) is 6.54 Å². The zero-order valence-electron chi connectivity index (χ0n) is 10.9. The molecule has 0 aliphatic carbocycles. The van der Waals surface area contributed by atoms with Gasteiger partial charge < -0.3 is 10.1 Å². The maximum absolute atomic E-state index is 6.13. The Morgan fingerprint density at radius 1 is 1.15 bits per heavy atom. The van der Waals surface area contributed by atoms with E-state index in [4.69, 9.17) is 27.9 Å². The Hall–Kier alpha value is -1.22. The van der Waals surface area contributed by atoms with E-state index in [9.17, 15) is 0 Å². The predicted octanol–water partition coefficient (Wildman–Crippen LogP) is 4.09. The Morgan fingerprint density at radius 2 is 2.00 bits per heavy atom. The molecular weight excluding hydrogens is 293 g/mol. The molecule has 0 saturated carbocycles. The summed E-state index contributed by atoms with van der Waals surface area (Å²) in [7, 11) is 0. The highest BCUT2D eigenvalue weighted by atomic mass is 35.5. The van der Waals surface area contributed by atoms with Gasteiger partial charge in [0.1, 0.15) is 11.9 Å². The van der Waals surface area contributed by atoms with Gasteiger partial charge in [-0.25, -0.2) is 0 Å². The summed E-state index contributed by atoms with van der Waals surface area (Å²) < 4.78 is 5.88. The minimum atomic E-state index is 0.186. The lowest BCUT2D eigenvalue weighted by Crippen LogP contribution is -2.29. The maximum atomic E-state index is 6.13. The van der Waals surface area contributed by atoms with Gasteiger partial charge in [-0.2, -0.15) is 0 Å². The first-order valence-electron chi connectivity index (χ1n) is 6.61. The summed E-state index contributed by atoms with van der Waals surface area (Å²) in [6.45, 7) is 1.48. The van der Waals surface area contributed by atoms with E-state index in [1.807, 2.05) is 30.3 Å². The molecule has 4 heteroatoms. The minimum Gasteiger partial charge on any atom is -0.488 e. The fourth-order valence-electron chi connectivity index (χ4n) is 2.41. The zero-order valence-corrected chi connectivity index (χ0v) is 12.4. The van der Waals surface area contributed by atoms with Gasteiger partial charge in [0.25, 0.3) is 0 Å². The van der Waals surface area contributed by atoms with E-state index < -0.39 is 0 Å². The molecule has 1 heterocycles. The molecule has 0 fully saturated rings. The van der Waals surface area contributed by atoms with Gasteiger partial charge in [-0.3, -0.25) is 0 Å². The number of halogens is 2. The van der Waals surface area contributed by atoms with Crippen LogP contribution in [-0.4, -0.2) is 12.6 Å². The monoisotopic (exact) mass is 307 g/mol. The largest absolute Gasteiger partial charge is 0.488 e. The Kier molecular flexibility index (Phi) is 4.16. The lowest BCUT2D eigenvalue weighted by molar-refractivity contribution is 0.227. The van der Waals surface area contributed by atoms with Crippen LogP contribution in [0.3, 0.4) is 0 Å². The molecule has 0 amide bonds. The summed E-state index contributed by atoms with van der Waals surface area (Å²) in [6, 6.07) is 13.7. The van der Waals surface area contributed by atoms with Crippen molar-refractivity contribution in [3.05, 3.63) is 63.6 Å². The van der Waals surface area contributed by atoms with E-state index in [0.29, 0.717) is 11.6 Å². The van der Waals surface area contributed by atoms with Gasteiger partial charge in [0, 0.05) is 29.6 Å². The first kappa shape index (κ1) is 13.7. The van der Waals surface area contributed by atoms with Crippen molar-refractivity contribution in [1.29, 1.82) is 0 Å². The van der Waals surface area contributed by atoms with E-state index in [1.54, 1.807) is 6.07 Å². The van der Waals surface area contributed by atoms with Crippen LogP contribution in [0.4, 0.5) is 0 Å². The average molecular weight is 308 g/mol. The van der Waals surface area contributed by atoms with Gasteiger partial charge >= 0.3 is 0 Å². The van der Waals surface area contributed by atoms with Crippen LogP contribution < -0.4 is 10.1 Å². The van der Waals surface area contributed by atoms with Crippen LogP contribution in [0.5, 0.6) is 5.75 Å². The number of hydrogen-bond acceptors (Lipinski definition) is 2. The summed E-state index contributed by atoms with van der Waals surface area (Å²) >= 11 is 12.1. The van der Waals surface area contributed by atoms with Gasteiger partial charge in [0.2, 0.25) is 0 Å². The first-order chi connectivity index (χ1) is 9.72. The van der Waals surface area contributed by atoms with Crippen LogP contribution in [-0.2, 0) is 13.0 Å². The molecule has 1 unspecified atom stereocenters. The average Bonchev–Trinajstić information content (AvgIpc) is 2.85. The molecule has 2 nitrogen and oxygen atoms in total. The summed E-state index contributed by atoms with van der Waals surface area (Å²) in [5.74, 6) is 1.00. The van der Waals surface area contributed by atoms with Crippen LogP contribution >= 0.6 is 23.2 Å². The Labute approximate surface area is 128 Å². The molecule has 2 aromatic rings. The lowest BCUT2D eigenvalue weighted by atomic mass is 10.1. The molecule has 0 aromatic heterocycles. The smallest absolute Gasteiger partial charge is 0.123 e. The number of hydrogen-bond donors (Lipinski definition) is 1.